The number of halogens is 1. The van der Waals surface area contributed by atoms with Gasteiger partial charge >= 0.3 is 0 Å². The Morgan fingerprint density at radius 3 is 2.28 bits per heavy atom. The number of ether oxygens (including phenoxy) is 2. The maximum absolute atomic E-state index is 12.2. The van der Waals surface area contributed by atoms with E-state index in [2.05, 4.69) is 5.32 Å². The van der Waals surface area contributed by atoms with Gasteiger partial charge < -0.3 is 20.5 Å². The molecule has 2 aromatic carbocycles. The van der Waals surface area contributed by atoms with Crippen LogP contribution in [0.1, 0.15) is 18.4 Å². The lowest BCUT2D eigenvalue weighted by Gasteiger charge is -2.13. The number of nitrogens with one attached hydrogen (secondary N) is 1. The molecule has 0 bridgehead atoms. The normalized spacial score (nSPS) is 19.1. The molecule has 1 amide bonds. The maximum Gasteiger partial charge on any atom is 0.253 e. The Morgan fingerprint density at radius 2 is 1.72 bits per heavy atom. The first-order valence-electron chi connectivity index (χ1n) is 8.15. The summed E-state index contributed by atoms with van der Waals surface area (Å²) in [6.07, 6.45) is 1.12. The fourth-order valence-corrected chi connectivity index (χ4v) is 2.64. The van der Waals surface area contributed by atoms with Crippen LogP contribution in [0.2, 0.25) is 0 Å². The molecular weight excluding hydrogens is 340 g/mol. The molecule has 2 atom stereocenters. The van der Waals surface area contributed by atoms with Crippen LogP contribution in [-0.4, -0.2) is 24.7 Å². The molecule has 2 aromatic rings. The summed E-state index contributed by atoms with van der Waals surface area (Å²) in [4.78, 5) is 12.2. The van der Waals surface area contributed by atoms with Crippen LogP contribution >= 0.6 is 12.4 Å². The van der Waals surface area contributed by atoms with Gasteiger partial charge in [-0.2, -0.15) is 0 Å². The van der Waals surface area contributed by atoms with E-state index in [-0.39, 0.29) is 24.4 Å². The predicted octanol–water partition coefficient (Wildman–Crippen LogP) is 3.65. The quantitative estimate of drug-likeness (QED) is 0.851. The molecule has 0 unspecified atom stereocenters. The van der Waals surface area contributed by atoms with Crippen LogP contribution in [0.15, 0.2) is 48.5 Å². The van der Waals surface area contributed by atoms with Crippen molar-refractivity contribution in [1.29, 1.82) is 0 Å². The molecule has 1 saturated heterocycles. The van der Waals surface area contributed by atoms with Crippen molar-refractivity contribution < 1.29 is 14.3 Å². The van der Waals surface area contributed by atoms with Crippen LogP contribution in [0, 0.1) is 6.92 Å². The molecule has 0 aliphatic carbocycles. The number of amides is 1. The highest BCUT2D eigenvalue weighted by Gasteiger charge is 2.29. The van der Waals surface area contributed by atoms with Gasteiger partial charge in [-0.15, -0.1) is 12.4 Å². The number of hydrogen-bond acceptors (Lipinski definition) is 4. The van der Waals surface area contributed by atoms with Crippen LogP contribution in [0.25, 0.3) is 0 Å². The Balaban J connectivity index is 0.00000225. The Labute approximate surface area is 153 Å². The smallest absolute Gasteiger partial charge is 0.253 e. The Morgan fingerprint density at radius 1 is 1.12 bits per heavy atom. The van der Waals surface area contributed by atoms with Crippen molar-refractivity contribution in [2.75, 3.05) is 11.9 Å². The first-order valence-corrected chi connectivity index (χ1v) is 8.15. The SMILES string of the molecule is Cc1ccc(Oc2ccc(NC(=O)[C@@H]3CC[C@H](CN)O3)cc2)cc1.Cl. The second-order valence-electron chi connectivity index (χ2n) is 5.99. The van der Waals surface area contributed by atoms with Gasteiger partial charge in [-0.05, 0) is 56.2 Å². The van der Waals surface area contributed by atoms with Crippen LogP contribution in [0.5, 0.6) is 11.5 Å². The summed E-state index contributed by atoms with van der Waals surface area (Å²) in [7, 11) is 0. The molecule has 0 spiro atoms. The maximum atomic E-state index is 12.2. The molecule has 3 N–H and O–H groups in total. The molecule has 0 saturated carbocycles. The number of anilines is 1. The number of rotatable bonds is 5. The number of benzene rings is 2. The standard InChI is InChI=1S/C19H22N2O3.ClH/c1-13-2-6-15(7-3-13)23-16-8-4-14(5-9-16)21-19(22)18-11-10-17(12-20)24-18;/h2-9,17-18H,10-12,20H2,1H3,(H,21,22);1H/t17-,18+;/m1./s1. The zero-order chi connectivity index (χ0) is 16.9. The largest absolute Gasteiger partial charge is 0.457 e. The molecule has 0 radical (unpaired) electrons. The van der Waals surface area contributed by atoms with E-state index in [1.54, 1.807) is 0 Å². The zero-order valence-corrected chi connectivity index (χ0v) is 14.9. The Bertz CT molecular complexity index is 689. The number of carbonyl (C=O) groups is 1. The third kappa shape index (κ3) is 5.19. The number of nitrogens with two attached hydrogens (primary N) is 1. The molecule has 6 heteroatoms. The summed E-state index contributed by atoms with van der Waals surface area (Å²) in [5.41, 5.74) is 7.47. The highest BCUT2D eigenvalue weighted by Crippen LogP contribution is 2.24. The summed E-state index contributed by atoms with van der Waals surface area (Å²) in [5.74, 6) is 1.37. The lowest BCUT2D eigenvalue weighted by atomic mass is 10.2. The minimum atomic E-state index is -0.415. The highest BCUT2D eigenvalue weighted by molar-refractivity contribution is 5.94. The zero-order valence-electron chi connectivity index (χ0n) is 14.1. The van der Waals surface area contributed by atoms with Crippen molar-refractivity contribution >= 4 is 24.0 Å². The van der Waals surface area contributed by atoms with E-state index >= 15 is 0 Å². The van der Waals surface area contributed by atoms with Gasteiger partial charge in [0, 0.05) is 12.2 Å². The molecule has 1 aliphatic heterocycles. The second-order valence-corrected chi connectivity index (χ2v) is 5.99. The summed E-state index contributed by atoms with van der Waals surface area (Å²) in [6, 6.07) is 15.1. The average molecular weight is 363 g/mol. The molecule has 3 rings (SSSR count). The molecule has 5 nitrogen and oxygen atoms in total. The Hall–Kier alpha value is -2.08. The van der Waals surface area contributed by atoms with E-state index in [9.17, 15) is 4.79 Å². The van der Waals surface area contributed by atoms with Crippen LogP contribution in [-0.2, 0) is 9.53 Å². The minimum absolute atomic E-state index is 0. The van der Waals surface area contributed by atoms with E-state index in [4.69, 9.17) is 15.2 Å². The first kappa shape index (κ1) is 19.2. The lowest BCUT2D eigenvalue weighted by Crippen LogP contribution is -2.29. The molecule has 25 heavy (non-hydrogen) atoms. The average Bonchev–Trinajstić information content (AvgIpc) is 3.08. The summed E-state index contributed by atoms with van der Waals surface area (Å²) >= 11 is 0. The molecule has 0 aromatic heterocycles. The number of hydrogen-bond donors (Lipinski definition) is 2. The highest BCUT2D eigenvalue weighted by atomic mass is 35.5. The van der Waals surface area contributed by atoms with Crippen molar-refractivity contribution in [3.05, 3.63) is 54.1 Å². The van der Waals surface area contributed by atoms with Gasteiger partial charge in [0.2, 0.25) is 0 Å². The van der Waals surface area contributed by atoms with Gasteiger partial charge in [0.15, 0.2) is 0 Å². The molecule has 1 heterocycles. The van der Waals surface area contributed by atoms with Crippen molar-refractivity contribution in [2.24, 2.45) is 5.73 Å². The molecule has 134 valence electrons. The lowest BCUT2D eigenvalue weighted by molar-refractivity contribution is -0.126. The summed E-state index contributed by atoms with van der Waals surface area (Å²) < 4.78 is 11.4. The van der Waals surface area contributed by atoms with Crippen molar-refractivity contribution in [3.8, 4) is 11.5 Å². The second kappa shape index (κ2) is 8.85. The van der Waals surface area contributed by atoms with Crippen LogP contribution in [0.4, 0.5) is 5.69 Å². The fourth-order valence-electron chi connectivity index (χ4n) is 2.64. The molecular formula is C19H23ClN2O3. The van der Waals surface area contributed by atoms with Gasteiger partial charge in [0.1, 0.15) is 17.6 Å². The van der Waals surface area contributed by atoms with Gasteiger partial charge in [-0.3, -0.25) is 4.79 Å². The monoisotopic (exact) mass is 362 g/mol. The first-order chi connectivity index (χ1) is 11.6. The third-order valence-electron chi connectivity index (χ3n) is 4.04. The van der Waals surface area contributed by atoms with E-state index in [0.29, 0.717) is 13.0 Å². The van der Waals surface area contributed by atoms with Crippen LogP contribution in [0.3, 0.4) is 0 Å². The van der Waals surface area contributed by atoms with Crippen LogP contribution < -0.4 is 15.8 Å². The minimum Gasteiger partial charge on any atom is -0.457 e. The third-order valence-corrected chi connectivity index (χ3v) is 4.04. The summed E-state index contributed by atoms with van der Waals surface area (Å²) in [5, 5.41) is 2.87. The molecule has 1 aliphatic rings. The van der Waals surface area contributed by atoms with Gasteiger partial charge in [0.05, 0.1) is 6.10 Å². The Kier molecular flexibility index (Phi) is 6.82. The van der Waals surface area contributed by atoms with Crippen molar-refractivity contribution in [2.45, 2.75) is 32.0 Å². The van der Waals surface area contributed by atoms with Gasteiger partial charge in [-0.25, -0.2) is 0 Å². The predicted molar refractivity (Wildman–Crippen MR) is 101 cm³/mol. The number of carbonyl (C=O) groups excluding carboxylic acids is 1. The van der Waals surface area contributed by atoms with Gasteiger partial charge in [-0.1, -0.05) is 17.7 Å². The van der Waals surface area contributed by atoms with Gasteiger partial charge in [0.25, 0.3) is 5.91 Å². The molecule has 1 fully saturated rings. The van der Waals surface area contributed by atoms with E-state index in [1.807, 2.05) is 55.5 Å². The topological polar surface area (TPSA) is 73.6 Å². The van der Waals surface area contributed by atoms with E-state index < -0.39 is 6.10 Å². The summed E-state index contributed by atoms with van der Waals surface area (Å²) in [6.45, 7) is 2.49. The number of aryl methyl sites for hydroxylation is 1. The van der Waals surface area contributed by atoms with Crippen molar-refractivity contribution in [1.82, 2.24) is 0 Å². The van der Waals surface area contributed by atoms with E-state index in [1.165, 1.54) is 5.56 Å². The van der Waals surface area contributed by atoms with E-state index in [0.717, 1.165) is 23.6 Å². The van der Waals surface area contributed by atoms with Crippen molar-refractivity contribution in [3.63, 3.8) is 0 Å². The fraction of sp³-hybridized carbons (Fsp3) is 0.316.